The van der Waals surface area contributed by atoms with Crippen LogP contribution in [0.3, 0.4) is 0 Å². The Morgan fingerprint density at radius 1 is 1.54 bits per heavy atom. The Labute approximate surface area is 78.3 Å². The van der Waals surface area contributed by atoms with E-state index in [-0.39, 0.29) is 12.5 Å². The minimum atomic E-state index is -0.111. The first-order valence-corrected chi connectivity index (χ1v) is 4.19. The molecule has 0 aromatic carbocycles. The fourth-order valence-corrected chi connectivity index (χ4v) is 0.535. The normalized spacial score (nSPS) is 11.8. The van der Waals surface area contributed by atoms with Crippen LogP contribution < -0.4 is 10.7 Å². The van der Waals surface area contributed by atoms with Gasteiger partial charge in [0.2, 0.25) is 5.91 Å². The highest BCUT2D eigenvalue weighted by molar-refractivity contribution is 5.84. The highest BCUT2D eigenvalue weighted by Crippen LogP contribution is 1.75. The van der Waals surface area contributed by atoms with E-state index in [1.54, 1.807) is 20.2 Å². The molecule has 0 saturated carbocycles. The second-order valence-electron chi connectivity index (χ2n) is 2.41. The molecule has 0 aliphatic carbocycles. The zero-order chi connectivity index (χ0) is 10.1. The zero-order valence-corrected chi connectivity index (χ0v) is 8.29. The third-order valence-corrected chi connectivity index (χ3v) is 1.24. The van der Waals surface area contributed by atoms with Crippen LogP contribution in [-0.2, 0) is 4.79 Å². The molecular weight excluding hydrogens is 168 g/mol. The first-order valence-electron chi connectivity index (χ1n) is 4.19. The molecule has 5 nitrogen and oxygen atoms in total. The first-order chi connectivity index (χ1) is 6.20. The van der Waals surface area contributed by atoms with Crippen molar-refractivity contribution in [2.45, 2.75) is 20.3 Å². The van der Waals surface area contributed by atoms with Crippen LogP contribution in [-0.4, -0.2) is 31.5 Å². The topological polar surface area (TPSA) is 65.8 Å². The summed E-state index contributed by atoms with van der Waals surface area (Å²) < 4.78 is 0. The highest BCUT2D eigenvalue weighted by Gasteiger charge is 1.93. The van der Waals surface area contributed by atoms with Gasteiger partial charge in [0.1, 0.15) is 12.4 Å². The Bertz CT molecular complexity index is 210. The number of rotatable bonds is 4. The summed E-state index contributed by atoms with van der Waals surface area (Å²) >= 11 is 0. The van der Waals surface area contributed by atoms with Crippen molar-refractivity contribution < 1.29 is 4.79 Å². The van der Waals surface area contributed by atoms with E-state index in [1.807, 2.05) is 6.92 Å². The van der Waals surface area contributed by atoms with Crippen molar-refractivity contribution in [3.05, 3.63) is 0 Å². The fraction of sp³-hybridized carbons (Fsp3) is 0.625. The van der Waals surface area contributed by atoms with Crippen molar-refractivity contribution in [1.29, 1.82) is 0 Å². The van der Waals surface area contributed by atoms with Crippen LogP contribution in [0.2, 0.25) is 0 Å². The van der Waals surface area contributed by atoms with Crippen molar-refractivity contribution in [1.82, 2.24) is 10.7 Å². The lowest BCUT2D eigenvalue weighted by molar-refractivity contribution is -0.119. The van der Waals surface area contributed by atoms with Crippen molar-refractivity contribution in [3.63, 3.8) is 0 Å². The number of nitrogens with one attached hydrogen (secondary N) is 2. The van der Waals surface area contributed by atoms with Gasteiger partial charge in [0.25, 0.3) is 0 Å². The average Bonchev–Trinajstić information content (AvgIpc) is 2.14. The van der Waals surface area contributed by atoms with Gasteiger partial charge in [-0.05, 0) is 13.3 Å². The number of nitrogens with zero attached hydrogens (tertiary/aromatic N) is 2. The average molecular weight is 184 g/mol. The van der Waals surface area contributed by atoms with Gasteiger partial charge >= 0.3 is 0 Å². The third-order valence-electron chi connectivity index (χ3n) is 1.24. The van der Waals surface area contributed by atoms with E-state index in [1.165, 1.54) is 0 Å². The van der Waals surface area contributed by atoms with Gasteiger partial charge in [0, 0.05) is 13.3 Å². The minimum Gasteiger partial charge on any atom is -0.358 e. The zero-order valence-electron chi connectivity index (χ0n) is 8.29. The predicted molar refractivity (Wildman–Crippen MR) is 54.0 cm³/mol. The molecule has 0 heterocycles. The highest BCUT2D eigenvalue weighted by atomic mass is 16.1. The molecule has 0 aromatic rings. The van der Waals surface area contributed by atoms with Gasteiger partial charge in [-0.1, -0.05) is 6.92 Å². The number of amides is 1. The lowest BCUT2D eigenvalue weighted by Gasteiger charge is -1.98. The maximum absolute atomic E-state index is 10.8. The second kappa shape index (κ2) is 7.27. The molecule has 0 unspecified atom stereocenters. The molecule has 1 amide bonds. The van der Waals surface area contributed by atoms with Crippen molar-refractivity contribution in [2.75, 3.05) is 13.6 Å². The molecule has 0 aliphatic rings. The van der Waals surface area contributed by atoms with E-state index in [0.29, 0.717) is 5.84 Å². The molecule has 74 valence electrons. The molecular formula is C8H16N4O. The Morgan fingerprint density at radius 2 is 2.23 bits per heavy atom. The van der Waals surface area contributed by atoms with E-state index in [9.17, 15) is 4.79 Å². The van der Waals surface area contributed by atoms with Crippen LogP contribution in [0.1, 0.15) is 20.3 Å². The molecule has 0 spiro atoms. The third kappa shape index (κ3) is 6.99. The van der Waals surface area contributed by atoms with E-state index in [0.717, 1.165) is 6.42 Å². The van der Waals surface area contributed by atoms with Crippen LogP contribution >= 0.6 is 0 Å². The van der Waals surface area contributed by atoms with E-state index in [2.05, 4.69) is 20.8 Å². The van der Waals surface area contributed by atoms with Gasteiger partial charge < -0.3 is 5.32 Å². The van der Waals surface area contributed by atoms with Crippen LogP contribution in [0.4, 0.5) is 0 Å². The van der Waals surface area contributed by atoms with Crippen LogP contribution in [0.15, 0.2) is 10.1 Å². The molecule has 2 N–H and O–H groups in total. The molecule has 0 aliphatic heterocycles. The molecule has 0 saturated heterocycles. The van der Waals surface area contributed by atoms with Crippen molar-refractivity contribution >= 4 is 18.0 Å². The number of carbonyl (C=O) groups is 1. The number of hydrogen-bond donors (Lipinski definition) is 2. The maximum Gasteiger partial charge on any atom is 0.241 e. The van der Waals surface area contributed by atoms with Crippen molar-refractivity contribution in [3.8, 4) is 0 Å². The number of likely N-dealkylation sites (N-methyl/N-ethyl adjacent to an activating group) is 1. The molecule has 0 aromatic heterocycles. The minimum absolute atomic E-state index is 0.111. The van der Waals surface area contributed by atoms with Gasteiger partial charge in [0.05, 0.1) is 0 Å². The Balaban J connectivity index is 3.75. The number of hydrogen-bond acceptors (Lipinski definition) is 3. The molecule has 5 heteroatoms. The molecule has 0 radical (unpaired) electrons. The summed E-state index contributed by atoms with van der Waals surface area (Å²) in [5.41, 5.74) is 2.70. The predicted octanol–water partition coefficient (Wildman–Crippen LogP) is 0.136. The SMILES string of the molecule is CC/C=N\NC(C)=NCC(=O)NC. The van der Waals surface area contributed by atoms with Crippen LogP contribution in [0.5, 0.6) is 0 Å². The molecule has 0 atom stereocenters. The first kappa shape index (κ1) is 11.6. The van der Waals surface area contributed by atoms with Crippen molar-refractivity contribution in [2.24, 2.45) is 10.1 Å². The number of aliphatic imine (C=N–C) groups is 1. The summed E-state index contributed by atoms with van der Waals surface area (Å²) in [4.78, 5) is 14.7. The number of hydrazone groups is 1. The van der Waals surface area contributed by atoms with Crippen LogP contribution in [0, 0.1) is 0 Å². The van der Waals surface area contributed by atoms with Gasteiger partial charge in [-0.15, -0.1) is 0 Å². The summed E-state index contributed by atoms with van der Waals surface area (Å²) in [5, 5.41) is 6.33. The Morgan fingerprint density at radius 3 is 2.77 bits per heavy atom. The number of carbonyl (C=O) groups excluding carboxylic acids is 1. The fourth-order valence-electron chi connectivity index (χ4n) is 0.535. The summed E-state index contributed by atoms with van der Waals surface area (Å²) in [7, 11) is 1.58. The Kier molecular flexibility index (Phi) is 6.49. The second-order valence-corrected chi connectivity index (χ2v) is 2.41. The smallest absolute Gasteiger partial charge is 0.241 e. The molecule has 0 bridgehead atoms. The summed E-state index contributed by atoms with van der Waals surface area (Å²) in [6.45, 7) is 3.88. The lowest BCUT2D eigenvalue weighted by Crippen LogP contribution is -2.23. The molecule has 13 heavy (non-hydrogen) atoms. The maximum atomic E-state index is 10.8. The summed E-state index contributed by atoms with van der Waals surface area (Å²) in [6, 6.07) is 0. The number of amidine groups is 1. The van der Waals surface area contributed by atoms with Gasteiger partial charge in [-0.25, -0.2) is 0 Å². The van der Waals surface area contributed by atoms with E-state index in [4.69, 9.17) is 0 Å². The Hall–Kier alpha value is -1.39. The van der Waals surface area contributed by atoms with Gasteiger partial charge in [-0.3, -0.25) is 15.2 Å². The summed E-state index contributed by atoms with van der Waals surface area (Å²) in [5.74, 6) is 0.522. The van der Waals surface area contributed by atoms with E-state index < -0.39 is 0 Å². The quantitative estimate of drug-likeness (QED) is 0.370. The van der Waals surface area contributed by atoms with Gasteiger partial charge in [-0.2, -0.15) is 5.10 Å². The van der Waals surface area contributed by atoms with Gasteiger partial charge in [0.15, 0.2) is 0 Å². The molecule has 0 fully saturated rings. The molecule has 0 rings (SSSR count). The largest absolute Gasteiger partial charge is 0.358 e. The van der Waals surface area contributed by atoms with E-state index >= 15 is 0 Å². The monoisotopic (exact) mass is 184 g/mol. The standard InChI is InChI=1S/C8H16N4O/c1-4-5-11-12-7(2)10-6-8(13)9-3/h5H,4,6H2,1-3H3,(H,9,13)(H,10,12)/b11-5-. The van der Waals surface area contributed by atoms with Crippen LogP contribution in [0.25, 0.3) is 0 Å². The lowest BCUT2D eigenvalue weighted by atomic mass is 10.5. The summed E-state index contributed by atoms with van der Waals surface area (Å²) in [6.07, 6.45) is 2.61.